The Hall–Kier alpha value is -3.00. The molecule has 3 aliphatic rings. The lowest BCUT2D eigenvalue weighted by Crippen LogP contribution is -2.39. The van der Waals surface area contributed by atoms with Crippen LogP contribution in [0.5, 0.6) is 0 Å². The van der Waals surface area contributed by atoms with Gasteiger partial charge in [0.15, 0.2) is 9.84 Å². The maximum atomic E-state index is 13.0. The van der Waals surface area contributed by atoms with Gasteiger partial charge < -0.3 is 11.5 Å². The number of Topliss-reactive ketones (excluding diaryl/α,β-unsaturated/α-hetero) is 1. The number of hydrogen-bond donors (Lipinski definition) is 4. The number of nitrogens with two attached hydrogens (primary N) is 2. The fourth-order valence-corrected chi connectivity index (χ4v) is 5.41. The number of sulfone groups is 1. The summed E-state index contributed by atoms with van der Waals surface area (Å²) in [6.07, 6.45) is 15.1. The lowest BCUT2D eigenvalue weighted by molar-refractivity contribution is -0.123. The first kappa shape index (κ1) is 20.7. The van der Waals surface area contributed by atoms with Crippen LogP contribution in [0.15, 0.2) is 70.9 Å². The Morgan fingerprint density at radius 3 is 1.69 bits per heavy atom. The van der Waals surface area contributed by atoms with Gasteiger partial charge >= 0.3 is 0 Å². The standard InChI is InChI=1S/C21H24N4O3S/c22-20(23)15-5-1-3-13(7-15)9-17-11-29(27,28)12-18(19(17)26)10-14-4-2-6-16(8-14)21(24)25/h1-2,5-10,17-18H,3-4,11-12H2,(H3,22,23)(H3,24,25). The molecule has 6 N–H and O–H groups in total. The van der Waals surface area contributed by atoms with E-state index in [2.05, 4.69) is 0 Å². The molecular formula is C21H24N4O3S. The quantitative estimate of drug-likeness (QED) is 0.409. The lowest BCUT2D eigenvalue weighted by Gasteiger charge is -2.26. The van der Waals surface area contributed by atoms with Gasteiger partial charge in [-0.25, -0.2) is 8.42 Å². The maximum Gasteiger partial charge on any atom is 0.152 e. The van der Waals surface area contributed by atoms with E-state index in [-0.39, 0.29) is 29.0 Å². The van der Waals surface area contributed by atoms with E-state index in [4.69, 9.17) is 22.3 Å². The van der Waals surface area contributed by atoms with Gasteiger partial charge in [0.2, 0.25) is 0 Å². The molecule has 2 atom stereocenters. The third-order valence-electron chi connectivity index (χ3n) is 5.03. The molecule has 0 aromatic carbocycles. The summed E-state index contributed by atoms with van der Waals surface area (Å²) in [6.45, 7) is 0. The summed E-state index contributed by atoms with van der Waals surface area (Å²) in [5, 5.41) is 15.1. The van der Waals surface area contributed by atoms with Crippen molar-refractivity contribution in [3.05, 3.63) is 70.9 Å². The molecule has 29 heavy (non-hydrogen) atoms. The van der Waals surface area contributed by atoms with Crippen molar-refractivity contribution in [1.82, 2.24) is 0 Å². The molecular weight excluding hydrogens is 388 g/mol. The molecule has 1 heterocycles. The van der Waals surface area contributed by atoms with Gasteiger partial charge in [-0.05, 0) is 36.1 Å². The van der Waals surface area contributed by atoms with Crippen molar-refractivity contribution in [1.29, 1.82) is 10.8 Å². The third-order valence-corrected chi connectivity index (χ3v) is 6.77. The van der Waals surface area contributed by atoms with Gasteiger partial charge in [-0.2, -0.15) is 0 Å². The number of amidine groups is 2. The van der Waals surface area contributed by atoms with Crippen molar-refractivity contribution in [2.24, 2.45) is 23.3 Å². The van der Waals surface area contributed by atoms with Crippen molar-refractivity contribution in [3.63, 3.8) is 0 Å². The van der Waals surface area contributed by atoms with Crippen LogP contribution >= 0.6 is 0 Å². The summed E-state index contributed by atoms with van der Waals surface area (Å²) in [7, 11) is -3.40. The molecule has 0 amide bonds. The number of rotatable bonds is 4. The van der Waals surface area contributed by atoms with E-state index in [1.165, 1.54) is 0 Å². The van der Waals surface area contributed by atoms with Gasteiger partial charge in [0.05, 0.1) is 23.3 Å². The maximum absolute atomic E-state index is 13.0. The summed E-state index contributed by atoms with van der Waals surface area (Å²) >= 11 is 0. The summed E-state index contributed by atoms with van der Waals surface area (Å²) in [6, 6.07) is 0. The van der Waals surface area contributed by atoms with Crippen LogP contribution in [0.4, 0.5) is 0 Å². The van der Waals surface area contributed by atoms with Crippen LogP contribution in [0, 0.1) is 22.7 Å². The smallest absolute Gasteiger partial charge is 0.152 e. The molecule has 2 unspecified atom stereocenters. The van der Waals surface area contributed by atoms with Crippen LogP contribution in [-0.4, -0.2) is 37.4 Å². The van der Waals surface area contributed by atoms with Crippen LogP contribution in [0.1, 0.15) is 12.8 Å². The van der Waals surface area contributed by atoms with Gasteiger partial charge in [0.1, 0.15) is 17.5 Å². The van der Waals surface area contributed by atoms with E-state index in [9.17, 15) is 13.2 Å². The highest BCUT2D eigenvalue weighted by Crippen LogP contribution is 2.28. The third kappa shape index (κ3) is 5.08. The highest BCUT2D eigenvalue weighted by atomic mass is 32.2. The Bertz CT molecular complexity index is 979. The molecule has 1 fully saturated rings. The van der Waals surface area contributed by atoms with E-state index in [0.29, 0.717) is 24.0 Å². The Balaban J connectivity index is 1.89. The van der Waals surface area contributed by atoms with E-state index < -0.39 is 21.7 Å². The molecule has 0 saturated carbocycles. The minimum Gasteiger partial charge on any atom is -0.384 e. The first-order chi connectivity index (χ1) is 13.6. The molecule has 7 nitrogen and oxygen atoms in total. The Morgan fingerprint density at radius 1 is 0.897 bits per heavy atom. The van der Waals surface area contributed by atoms with Crippen molar-refractivity contribution >= 4 is 27.3 Å². The van der Waals surface area contributed by atoms with Crippen molar-refractivity contribution in [2.45, 2.75) is 12.8 Å². The molecule has 0 spiro atoms. The number of carbonyl (C=O) groups is 1. The second-order valence-electron chi connectivity index (χ2n) is 7.42. The molecule has 1 aliphatic heterocycles. The Kier molecular flexibility index (Phi) is 5.83. The topological polar surface area (TPSA) is 151 Å². The minimum absolute atomic E-state index is 0.0736. The normalized spacial score (nSPS) is 28.9. The first-order valence-corrected chi connectivity index (χ1v) is 11.1. The molecule has 1 saturated heterocycles. The molecule has 8 heteroatoms. The SMILES string of the molecule is N=C(N)C1=CC(=CC2CS(=O)(=O)CC(C=C3C=C(C(=N)N)C=CC3)C2=O)CC=C1. The highest BCUT2D eigenvalue weighted by Gasteiger charge is 2.37. The van der Waals surface area contributed by atoms with Crippen molar-refractivity contribution in [3.8, 4) is 0 Å². The Morgan fingerprint density at radius 2 is 1.31 bits per heavy atom. The van der Waals surface area contributed by atoms with Crippen LogP contribution in [-0.2, 0) is 14.6 Å². The predicted molar refractivity (Wildman–Crippen MR) is 114 cm³/mol. The molecule has 0 aromatic rings. The average Bonchev–Trinajstić information content (AvgIpc) is 2.65. The summed E-state index contributed by atoms with van der Waals surface area (Å²) in [5.74, 6) is -2.19. The largest absolute Gasteiger partial charge is 0.384 e. The zero-order valence-electron chi connectivity index (χ0n) is 15.9. The first-order valence-electron chi connectivity index (χ1n) is 9.25. The molecule has 3 rings (SSSR count). The van der Waals surface area contributed by atoms with Gasteiger partial charge in [0.25, 0.3) is 0 Å². The molecule has 0 bridgehead atoms. The summed E-state index contributed by atoms with van der Waals surface area (Å²) in [4.78, 5) is 13.0. The highest BCUT2D eigenvalue weighted by molar-refractivity contribution is 7.91. The molecule has 2 aliphatic carbocycles. The lowest BCUT2D eigenvalue weighted by atomic mass is 9.88. The van der Waals surface area contributed by atoms with E-state index in [0.717, 1.165) is 11.1 Å². The second-order valence-corrected chi connectivity index (χ2v) is 9.57. The molecule has 152 valence electrons. The average molecular weight is 413 g/mol. The fraction of sp³-hybridized carbons (Fsp3) is 0.286. The van der Waals surface area contributed by atoms with Crippen LogP contribution in [0.3, 0.4) is 0 Å². The van der Waals surface area contributed by atoms with Crippen LogP contribution < -0.4 is 11.5 Å². The predicted octanol–water partition coefficient (Wildman–Crippen LogP) is 1.71. The van der Waals surface area contributed by atoms with Crippen LogP contribution in [0.25, 0.3) is 0 Å². The summed E-state index contributed by atoms with van der Waals surface area (Å²) < 4.78 is 24.9. The fourth-order valence-electron chi connectivity index (χ4n) is 3.66. The van der Waals surface area contributed by atoms with Gasteiger partial charge in [-0.15, -0.1) is 0 Å². The van der Waals surface area contributed by atoms with Crippen molar-refractivity contribution in [2.75, 3.05) is 11.5 Å². The van der Waals surface area contributed by atoms with Gasteiger partial charge in [-0.1, -0.05) is 36.5 Å². The zero-order valence-corrected chi connectivity index (χ0v) is 16.7. The zero-order chi connectivity index (χ0) is 21.2. The number of hydrogen-bond acceptors (Lipinski definition) is 5. The number of allylic oxidation sites excluding steroid dienone is 8. The van der Waals surface area contributed by atoms with Crippen molar-refractivity contribution < 1.29 is 13.2 Å². The minimum atomic E-state index is -3.40. The second kappa shape index (κ2) is 8.16. The van der Waals surface area contributed by atoms with E-state index in [1.807, 2.05) is 12.2 Å². The van der Waals surface area contributed by atoms with Gasteiger partial charge in [-0.3, -0.25) is 15.6 Å². The van der Waals surface area contributed by atoms with Crippen LogP contribution in [0.2, 0.25) is 0 Å². The number of ketones is 1. The monoisotopic (exact) mass is 412 g/mol. The number of carbonyl (C=O) groups excluding carboxylic acids is 1. The van der Waals surface area contributed by atoms with Gasteiger partial charge in [0, 0.05) is 11.1 Å². The van der Waals surface area contributed by atoms with E-state index in [1.54, 1.807) is 36.5 Å². The summed E-state index contributed by atoms with van der Waals surface area (Å²) in [5.41, 5.74) is 13.7. The molecule has 0 aromatic heterocycles. The number of nitrogens with one attached hydrogen (secondary N) is 2. The Labute approximate surface area is 170 Å². The van der Waals surface area contributed by atoms with E-state index >= 15 is 0 Å². The molecule has 0 radical (unpaired) electrons.